The van der Waals surface area contributed by atoms with Crippen molar-refractivity contribution >= 4 is 23.5 Å². The van der Waals surface area contributed by atoms with Crippen LogP contribution in [-0.2, 0) is 25.5 Å². The number of hydrogen-bond donors (Lipinski definition) is 2. The number of nitrogens with one attached hydrogen (secondary N) is 1. The molecule has 0 saturated carbocycles. The van der Waals surface area contributed by atoms with Gasteiger partial charge in [0.15, 0.2) is 0 Å². The van der Waals surface area contributed by atoms with Crippen LogP contribution < -0.4 is 5.32 Å². The van der Waals surface area contributed by atoms with Gasteiger partial charge in [-0.2, -0.15) is 0 Å². The summed E-state index contributed by atoms with van der Waals surface area (Å²) in [5.74, 6) is -2.65. The maximum Gasteiger partial charge on any atom is 0.397 e. The molecule has 0 aliphatic rings. The lowest BCUT2D eigenvalue weighted by molar-refractivity contribution is -0.161. The lowest BCUT2D eigenvalue weighted by Crippen LogP contribution is -2.32. The lowest BCUT2D eigenvalue weighted by atomic mass is 10.1. The summed E-state index contributed by atoms with van der Waals surface area (Å²) in [4.78, 5) is 33.6. The predicted octanol–water partition coefficient (Wildman–Crippen LogP) is 1.98. The van der Waals surface area contributed by atoms with Gasteiger partial charge in [0.05, 0.1) is 0 Å². The first-order valence-corrected chi connectivity index (χ1v) is 6.52. The maximum absolute atomic E-state index is 11.6. The number of benzene rings is 1. The van der Waals surface area contributed by atoms with E-state index in [4.69, 9.17) is 9.84 Å². The van der Waals surface area contributed by atoms with Crippen molar-refractivity contribution < 1.29 is 24.2 Å². The standard InChI is InChI=1S/C15H19NO5/c1-15(2,3)21-14(20)13(19)16-11-7-4-10(5-8-11)6-9-12(17)18/h4-5,7-8H,6,9H2,1-3H3,(H,16,19)(H,17,18). The molecule has 6 heteroatoms. The molecule has 0 aliphatic carbocycles. The summed E-state index contributed by atoms with van der Waals surface area (Å²) >= 11 is 0. The van der Waals surface area contributed by atoms with E-state index in [1.807, 2.05) is 0 Å². The topological polar surface area (TPSA) is 92.7 Å². The van der Waals surface area contributed by atoms with Gasteiger partial charge in [-0.25, -0.2) is 4.79 Å². The summed E-state index contributed by atoms with van der Waals surface area (Å²) in [6, 6.07) is 6.63. The van der Waals surface area contributed by atoms with Gasteiger partial charge in [0.1, 0.15) is 5.60 Å². The molecule has 0 aliphatic heterocycles. The average molecular weight is 293 g/mol. The van der Waals surface area contributed by atoms with E-state index >= 15 is 0 Å². The number of aryl methyl sites for hydroxylation is 1. The van der Waals surface area contributed by atoms with E-state index < -0.39 is 23.4 Å². The Hall–Kier alpha value is -2.37. The fourth-order valence-electron chi connectivity index (χ4n) is 1.51. The van der Waals surface area contributed by atoms with Crippen molar-refractivity contribution in [2.75, 3.05) is 5.32 Å². The third-order valence-electron chi connectivity index (χ3n) is 2.42. The van der Waals surface area contributed by atoms with Crippen LogP contribution in [0, 0.1) is 0 Å². The minimum atomic E-state index is -0.947. The van der Waals surface area contributed by atoms with Crippen LogP contribution in [0.15, 0.2) is 24.3 Å². The van der Waals surface area contributed by atoms with E-state index in [1.54, 1.807) is 45.0 Å². The van der Waals surface area contributed by atoms with Crippen molar-refractivity contribution in [3.8, 4) is 0 Å². The van der Waals surface area contributed by atoms with Crippen LogP contribution >= 0.6 is 0 Å². The molecule has 6 nitrogen and oxygen atoms in total. The van der Waals surface area contributed by atoms with Crippen molar-refractivity contribution in [1.29, 1.82) is 0 Å². The molecule has 114 valence electrons. The van der Waals surface area contributed by atoms with Gasteiger partial charge in [0, 0.05) is 12.1 Å². The van der Waals surface area contributed by atoms with Crippen molar-refractivity contribution in [1.82, 2.24) is 0 Å². The van der Waals surface area contributed by atoms with Crippen LogP contribution in [0.5, 0.6) is 0 Å². The highest BCUT2D eigenvalue weighted by Crippen LogP contribution is 2.12. The van der Waals surface area contributed by atoms with E-state index in [9.17, 15) is 14.4 Å². The van der Waals surface area contributed by atoms with Crippen molar-refractivity contribution in [3.63, 3.8) is 0 Å². The minimum Gasteiger partial charge on any atom is -0.481 e. The Morgan fingerprint density at radius 2 is 1.71 bits per heavy atom. The number of carboxylic acid groups (broad SMARTS) is 1. The molecule has 1 aromatic rings. The molecule has 0 bridgehead atoms. The van der Waals surface area contributed by atoms with Crippen LogP contribution in [-0.4, -0.2) is 28.6 Å². The van der Waals surface area contributed by atoms with Gasteiger partial charge in [0.25, 0.3) is 0 Å². The van der Waals surface area contributed by atoms with Crippen LogP contribution in [0.25, 0.3) is 0 Å². The van der Waals surface area contributed by atoms with E-state index in [0.29, 0.717) is 12.1 Å². The Kier molecular flexibility index (Phi) is 5.46. The molecule has 0 atom stereocenters. The summed E-state index contributed by atoms with van der Waals surface area (Å²) in [5.41, 5.74) is 0.562. The monoisotopic (exact) mass is 293 g/mol. The zero-order chi connectivity index (χ0) is 16.0. The van der Waals surface area contributed by atoms with E-state index in [1.165, 1.54) is 0 Å². The molecule has 0 fully saturated rings. The molecule has 0 spiro atoms. The highest BCUT2D eigenvalue weighted by Gasteiger charge is 2.22. The Balaban J connectivity index is 2.57. The zero-order valence-electron chi connectivity index (χ0n) is 12.3. The number of hydrogen-bond acceptors (Lipinski definition) is 4. The van der Waals surface area contributed by atoms with Crippen LogP contribution in [0.2, 0.25) is 0 Å². The smallest absolute Gasteiger partial charge is 0.397 e. The first-order valence-electron chi connectivity index (χ1n) is 6.52. The van der Waals surface area contributed by atoms with Gasteiger partial charge in [-0.05, 0) is 44.9 Å². The summed E-state index contributed by atoms with van der Waals surface area (Å²) in [5, 5.41) is 11.0. The number of carbonyl (C=O) groups is 3. The van der Waals surface area contributed by atoms with Crippen LogP contribution in [0.4, 0.5) is 5.69 Å². The maximum atomic E-state index is 11.6. The number of carboxylic acids is 1. The predicted molar refractivity (Wildman–Crippen MR) is 76.9 cm³/mol. The Labute approximate surface area is 123 Å². The van der Waals surface area contributed by atoms with Gasteiger partial charge >= 0.3 is 17.8 Å². The van der Waals surface area contributed by atoms with Gasteiger partial charge in [0.2, 0.25) is 0 Å². The zero-order valence-corrected chi connectivity index (χ0v) is 12.3. The molecule has 1 aromatic carbocycles. The first-order chi connectivity index (χ1) is 9.67. The number of anilines is 1. The van der Waals surface area contributed by atoms with Crippen molar-refractivity contribution in [2.24, 2.45) is 0 Å². The van der Waals surface area contributed by atoms with Crippen LogP contribution in [0.3, 0.4) is 0 Å². The molecule has 1 rings (SSSR count). The second-order valence-electron chi connectivity index (χ2n) is 5.55. The quantitative estimate of drug-likeness (QED) is 0.654. The summed E-state index contributed by atoms with van der Waals surface area (Å²) in [6.07, 6.45) is 0.458. The largest absolute Gasteiger partial charge is 0.481 e. The molecule has 2 N–H and O–H groups in total. The van der Waals surface area contributed by atoms with E-state index in [2.05, 4.69) is 5.32 Å². The Morgan fingerprint density at radius 1 is 1.14 bits per heavy atom. The molecular weight excluding hydrogens is 274 g/mol. The van der Waals surface area contributed by atoms with Gasteiger partial charge in [-0.15, -0.1) is 0 Å². The molecule has 0 unspecified atom stereocenters. The Bertz CT molecular complexity index is 528. The number of amides is 1. The number of carbonyl (C=O) groups excluding carboxylic acids is 2. The fourth-order valence-corrected chi connectivity index (χ4v) is 1.51. The number of esters is 1. The molecule has 0 heterocycles. The molecule has 1 amide bonds. The van der Waals surface area contributed by atoms with Crippen LogP contribution in [0.1, 0.15) is 32.8 Å². The second-order valence-corrected chi connectivity index (χ2v) is 5.55. The summed E-state index contributed by atoms with van der Waals surface area (Å²) < 4.78 is 4.94. The lowest BCUT2D eigenvalue weighted by Gasteiger charge is -2.18. The molecular formula is C15H19NO5. The molecule has 0 saturated heterocycles. The molecule has 21 heavy (non-hydrogen) atoms. The third-order valence-corrected chi connectivity index (χ3v) is 2.42. The number of rotatable bonds is 4. The van der Waals surface area contributed by atoms with Crippen molar-refractivity contribution in [3.05, 3.63) is 29.8 Å². The van der Waals surface area contributed by atoms with Gasteiger partial charge in [-0.1, -0.05) is 12.1 Å². The van der Waals surface area contributed by atoms with Gasteiger partial charge < -0.3 is 15.2 Å². The highest BCUT2D eigenvalue weighted by atomic mass is 16.6. The fraction of sp³-hybridized carbons (Fsp3) is 0.400. The Morgan fingerprint density at radius 3 is 2.19 bits per heavy atom. The SMILES string of the molecule is CC(C)(C)OC(=O)C(=O)Nc1ccc(CCC(=O)O)cc1. The van der Waals surface area contributed by atoms with Gasteiger partial charge in [-0.3, -0.25) is 9.59 Å². The molecule has 0 aromatic heterocycles. The second kappa shape index (κ2) is 6.88. The first kappa shape index (κ1) is 16.7. The average Bonchev–Trinajstić information content (AvgIpc) is 2.35. The molecule has 0 radical (unpaired) electrons. The normalized spacial score (nSPS) is 10.8. The third kappa shape index (κ3) is 6.56. The summed E-state index contributed by atoms with van der Waals surface area (Å²) in [7, 11) is 0. The highest BCUT2D eigenvalue weighted by molar-refractivity contribution is 6.37. The van der Waals surface area contributed by atoms with E-state index in [0.717, 1.165) is 5.56 Å². The number of aliphatic carboxylic acids is 1. The summed E-state index contributed by atoms with van der Waals surface area (Å²) in [6.45, 7) is 5.03. The minimum absolute atomic E-state index is 0.0453. The van der Waals surface area contributed by atoms with Crippen molar-refractivity contribution in [2.45, 2.75) is 39.2 Å². The number of ether oxygens (including phenoxy) is 1. The van der Waals surface area contributed by atoms with E-state index in [-0.39, 0.29) is 6.42 Å².